The van der Waals surface area contributed by atoms with Crippen LogP contribution in [0.5, 0.6) is 0 Å². The molecule has 2 aliphatic rings. The smallest absolute Gasteiger partial charge is 0.0399 e. The van der Waals surface area contributed by atoms with Crippen molar-refractivity contribution < 1.29 is 0 Å². The first-order chi connectivity index (χ1) is 9.25. The topological polar surface area (TPSA) is 29.3 Å². The van der Waals surface area contributed by atoms with Crippen molar-refractivity contribution >= 4 is 5.69 Å². The molecule has 1 aliphatic heterocycles. The third-order valence-corrected chi connectivity index (χ3v) is 5.25. The van der Waals surface area contributed by atoms with E-state index in [0.29, 0.717) is 0 Å². The molecule has 0 aromatic heterocycles. The summed E-state index contributed by atoms with van der Waals surface area (Å²) in [7, 11) is 2.22. The number of fused-ring (bicyclic) bond motifs is 1. The fourth-order valence-electron chi connectivity index (χ4n) is 3.93. The Morgan fingerprint density at radius 1 is 1.16 bits per heavy atom. The minimum Gasteiger partial charge on any atom is -0.374 e. The van der Waals surface area contributed by atoms with Crippen molar-refractivity contribution in [3.05, 3.63) is 29.3 Å². The van der Waals surface area contributed by atoms with Crippen LogP contribution in [-0.2, 0) is 11.8 Å². The SMILES string of the molecule is CN1CCCc2ccc(C3(CN)CCCCC3)cc21. The van der Waals surface area contributed by atoms with E-state index in [1.165, 1.54) is 68.3 Å². The molecule has 1 saturated carbocycles. The molecular weight excluding hydrogens is 232 g/mol. The molecule has 3 rings (SSSR count). The number of nitrogens with two attached hydrogens (primary N) is 1. The summed E-state index contributed by atoms with van der Waals surface area (Å²) < 4.78 is 0. The largest absolute Gasteiger partial charge is 0.374 e. The van der Waals surface area contributed by atoms with Crippen LogP contribution in [0.1, 0.15) is 49.7 Å². The van der Waals surface area contributed by atoms with Crippen LogP contribution in [-0.4, -0.2) is 20.1 Å². The first-order valence-electron chi connectivity index (χ1n) is 7.80. The normalized spacial score (nSPS) is 22.1. The fraction of sp³-hybridized carbons (Fsp3) is 0.647. The van der Waals surface area contributed by atoms with E-state index in [2.05, 4.69) is 30.1 Å². The molecule has 2 nitrogen and oxygen atoms in total. The minimum atomic E-state index is 0.256. The Bertz CT molecular complexity index is 447. The molecule has 1 aromatic rings. The highest BCUT2D eigenvalue weighted by molar-refractivity contribution is 5.58. The van der Waals surface area contributed by atoms with Crippen LogP contribution < -0.4 is 10.6 Å². The van der Waals surface area contributed by atoms with Crippen molar-refractivity contribution in [3.63, 3.8) is 0 Å². The highest BCUT2D eigenvalue weighted by Gasteiger charge is 2.33. The molecule has 104 valence electrons. The van der Waals surface area contributed by atoms with Gasteiger partial charge in [0, 0.05) is 31.2 Å². The number of nitrogens with zero attached hydrogens (tertiary/aromatic N) is 1. The summed E-state index contributed by atoms with van der Waals surface area (Å²) in [6.45, 7) is 1.99. The molecule has 2 heteroatoms. The van der Waals surface area contributed by atoms with Crippen molar-refractivity contribution in [2.75, 3.05) is 25.0 Å². The zero-order valence-corrected chi connectivity index (χ0v) is 12.1. The van der Waals surface area contributed by atoms with Crippen LogP contribution in [0.15, 0.2) is 18.2 Å². The molecule has 0 unspecified atom stereocenters. The van der Waals surface area contributed by atoms with Gasteiger partial charge >= 0.3 is 0 Å². The lowest BCUT2D eigenvalue weighted by Gasteiger charge is -2.38. The van der Waals surface area contributed by atoms with Gasteiger partial charge in [0.2, 0.25) is 0 Å². The van der Waals surface area contributed by atoms with E-state index in [4.69, 9.17) is 5.73 Å². The molecule has 0 bridgehead atoms. The van der Waals surface area contributed by atoms with Gasteiger partial charge in [-0.1, -0.05) is 31.4 Å². The van der Waals surface area contributed by atoms with Gasteiger partial charge in [-0.15, -0.1) is 0 Å². The van der Waals surface area contributed by atoms with Crippen molar-refractivity contribution in [2.24, 2.45) is 5.73 Å². The number of benzene rings is 1. The van der Waals surface area contributed by atoms with Crippen molar-refractivity contribution in [1.82, 2.24) is 0 Å². The number of aryl methyl sites for hydroxylation is 1. The highest BCUT2D eigenvalue weighted by atomic mass is 15.1. The zero-order chi connectivity index (χ0) is 13.3. The second-order valence-electron chi connectivity index (χ2n) is 6.41. The molecule has 0 amide bonds. The Kier molecular flexibility index (Phi) is 3.53. The fourth-order valence-corrected chi connectivity index (χ4v) is 3.93. The molecule has 0 atom stereocenters. The van der Waals surface area contributed by atoms with Crippen molar-refractivity contribution in [3.8, 4) is 0 Å². The molecule has 0 saturated heterocycles. The van der Waals surface area contributed by atoms with Gasteiger partial charge in [0.1, 0.15) is 0 Å². The van der Waals surface area contributed by atoms with Crippen LogP contribution in [0.3, 0.4) is 0 Å². The standard InChI is InChI=1S/C17H26N2/c1-19-11-5-6-14-7-8-15(12-16(14)19)17(13-18)9-3-2-4-10-17/h7-8,12H,2-6,9-11,13,18H2,1H3. The van der Waals surface area contributed by atoms with Crippen LogP contribution in [0.4, 0.5) is 5.69 Å². The predicted molar refractivity (Wildman–Crippen MR) is 81.9 cm³/mol. The maximum atomic E-state index is 6.17. The second-order valence-corrected chi connectivity index (χ2v) is 6.41. The minimum absolute atomic E-state index is 0.256. The molecule has 1 fully saturated rings. The molecule has 1 heterocycles. The van der Waals surface area contributed by atoms with Gasteiger partial charge in [0.25, 0.3) is 0 Å². The summed E-state index contributed by atoms with van der Waals surface area (Å²) in [5.74, 6) is 0. The molecule has 0 spiro atoms. The van der Waals surface area contributed by atoms with E-state index >= 15 is 0 Å². The van der Waals surface area contributed by atoms with Crippen molar-refractivity contribution in [2.45, 2.75) is 50.4 Å². The Morgan fingerprint density at radius 2 is 1.95 bits per heavy atom. The molecule has 2 N–H and O–H groups in total. The summed E-state index contributed by atoms with van der Waals surface area (Å²) in [6, 6.07) is 7.15. The number of hydrogen-bond acceptors (Lipinski definition) is 2. The molecule has 1 aliphatic carbocycles. The maximum Gasteiger partial charge on any atom is 0.0399 e. The predicted octanol–water partition coefficient (Wildman–Crippen LogP) is 3.23. The molecular formula is C17H26N2. The van der Waals surface area contributed by atoms with E-state index in [-0.39, 0.29) is 5.41 Å². The maximum absolute atomic E-state index is 6.17. The van der Waals surface area contributed by atoms with Gasteiger partial charge < -0.3 is 10.6 Å². The Balaban J connectivity index is 1.98. The average Bonchev–Trinajstić information content (AvgIpc) is 2.48. The van der Waals surface area contributed by atoms with Gasteiger partial charge in [-0.25, -0.2) is 0 Å². The monoisotopic (exact) mass is 258 g/mol. The lowest BCUT2D eigenvalue weighted by Crippen LogP contribution is -2.37. The zero-order valence-electron chi connectivity index (χ0n) is 12.1. The molecule has 19 heavy (non-hydrogen) atoms. The van der Waals surface area contributed by atoms with Gasteiger partial charge in [-0.3, -0.25) is 0 Å². The summed E-state index contributed by atoms with van der Waals surface area (Å²) in [6.07, 6.45) is 9.11. The van der Waals surface area contributed by atoms with Crippen LogP contribution >= 0.6 is 0 Å². The molecule has 0 radical (unpaired) electrons. The number of rotatable bonds is 2. The summed E-state index contributed by atoms with van der Waals surface area (Å²) in [5, 5.41) is 0. The van der Waals surface area contributed by atoms with E-state index in [1.807, 2.05) is 0 Å². The Labute approximate surface area is 117 Å². The third kappa shape index (κ3) is 2.27. The lowest BCUT2D eigenvalue weighted by atomic mass is 9.69. The summed E-state index contributed by atoms with van der Waals surface area (Å²) in [5.41, 5.74) is 10.9. The second kappa shape index (κ2) is 5.16. The highest BCUT2D eigenvalue weighted by Crippen LogP contribution is 2.41. The summed E-state index contributed by atoms with van der Waals surface area (Å²) in [4.78, 5) is 2.41. The lowest BCUT2D eigenvalue weighted by molar-refractivity contribution is 0.301. The van der Waals surface area contributed by atoms with Crippen LogP contribution in [0.25, 0.3) is 0 Å². The first kappa shape index (κ1) is 13.0. The Morgan fingerprint density at radius 3 is 2.68 bits per heavy atom. The van der Waals surface area contributed by atoms with Gasteiger partial charge in [0.05, 0.1) is 0 Å². The third-order valence-electron chi connectivity index (χ3n) is 5.25. The molecule has 1 aromatic carbocycles. The Hall–Kier alpha value is -1.02. The summed E-state index contributed by atoms with van der Waals surface area (Å²) >= 11 is 0. The number of anilines is 1. The van der Waals surface area contributed by atoms with E-state index < -0.39 is 0 Å². The first-order valence-corrected chi connectivity index (χ1v) is 7.80. The van der Waals surface area contributed by atoms with E-state index in [0.717, 1.165) is 6.54 Å². The van der Waals surface area contributed by atoms with Crippen LogP contribution in [0, 0.1) is 0 Å². The van der Waals surface area contributed by atoms with Crippen molar-refractivity contribution in [1.29, 1.82) is 0 Å². The van der Waals surface area contributed by atoms with Gasteiger partial charge in [0.15, 0.2) is 0 Å². The van der Waals surface area contributed by atoms with E-state index in [1.54, 1.807) is 0 Å². The number of hydrogen-bond donors (Lipinski definition) is 1. The van der Waals surface area contributed by atoms with E-state index in [9.17, 15) is 0 Å². The van der Waals surface area contributed by atoms with Gasteiger partial charge in [-0.2, -0.15) is 0 Å². The quantitative estimate of drug-likeness (QED) is 0.882. The average molecular weight is 258 g/mol. The van der Waals surface area contributed by atoms with Gasteiger partial charge in [-0.05, 0) is 42.9 Å². The van der Waals surface area contributed by atoms with Crippen LogP contribution in [0.2, 0.25) is 0 Å².